The van der Waals surface area contributed by atoms with Crippen LogP contribution in [-0.2, 0) is 24.1 Å². The van der Waals surface area contributed by atoms with Crippen LogP contribution in [0.15, 0.2) is 0 Å². The van der Waals surface area contributed by atoms with Crippen molar-refractivity contribution in [3.63, 3.8) is 0 Å². The quantitative estimate of drug-likeness (QED) is 0.206. The van der Waals surface area contributed by atoms with Gasteiger partial charge in [-0.15, -0.1) is 0 Å². The number of halogens is 1. The predicted molar refractivity (Wildman–Crippen MR) is 3.93 cm³/mol. The first kappa shape index (κ1) is 22.7. The molecular formula is CClORu+. The SMILES string of the molecule is [C-]#[O+].[Cl-].[Ru+2]. The van der Waals surface area contributed by atoms with Crippen molar-refractivity contribution in [2.24, 2.45) is 0 Å². The van der Waals surface area contributed by atoms with E-state index in [2.05, 4.69) is 6.65 Å². The summed E-state index contributed by atoms with van der Waals surface area (Å²) < 4.78 is 7.50. The van der Waals surface area contributed by atoms with Gasteiger partial charge in [0.25, 0.3) is 0 Å². The van der Waals surface area contributed by atoms with Crippen molar-refractivity contribution in [2.75, 3.05) is 0 Å². The summed E-state index contributed by atoms with van der Waals surface area (Å²) in [5.41, 5.74) is 0. The third-order valence-corrected chi connectivity index (χ3v) is 0. The van der Waals surface area contributed by atoms with E-state index < -0.39 is 0 Å². The van der Waals surface area contributed by atoms with Crippen LogP contribution in [0.25, 0.3) is 0 Å². The van der Waals surface area contributed by atoms with E-state index in [-0.39, 0.29) is 31.9 Å². The molecule has 0 N–H and O–H groups in total. The van der Waals surface area contributed by atoms with Crippen LogP contribution < -0.4 is 12.4 Å². The van der Waals surface area contributed by atoms with Crippen LogP contribution in [0.1, 0.15) is 0 Å². The van der Waals surface area contributed by atoms with Gasteiger partial charge in [0.1, 0.15) is 0 Å². The molecule has 0 radical (unpaired) electrons. The van der Waals surface area contributed by atoms with Crippen LogP contribution in [0, 0.1) is 6.65 Å². The van der Waals surface area contributed by atoms with Crippen molar-refractivity contribution in [1.29, 1.82) is 0 Å². The van der Waals surface area contributed by atoms with Gasteiger partial charge in [0, 0.05) is 0 Å². The van der Waals surface area contributed by atoms with Crippen molar-refractivity contribution >= 4 is 0 Å². The van der Waals surface area contributed by atoms with E-state index in [0.29, 0.717) is 0 Å². The summed E-state index contributed by atoms with van der Waals surface area (Å²) in [6, 6.07) is 0. The number of hydrogen-bond acceptors (Lipinski definition) is 0. The van der Waals surface area contributed by atoms with Crippen molar-refractivity contribution < 1.29 is 36.5 Å². The summed E-state index contributed by atoms with van der Waals surface area (Å²) in [4.78, 5) is 0. The fourth-order valence-electron chi connectivity index (χ4n) is 0. The molecule has 1 nitrogen and oxygen atoms in total. The third-order valence-electron chi connectivity index (χ3n) is 0. The number of rotatable bonds is 0. The minimum atomic E-state index is 0. The largest absolute Gasteiger partial charge is 2.00 e. The van der Waals surface area contributed by atoms with Crippen LogP contribution in [0.4, 0.5) is 0 Å². The fourth-order valence-corrected chi connectivity index (χ4v) is 0. The van der Waals surface area contributed by atoms with E-state index >= 15 is 0 Å². The molecule has 0 bridgehead atoms. The Bertz CT molecular complexity index is 12.8. The molecule has 0 unspecified atom stereocenters. The smallest absolute Gasteiger partial charge is 1.00 e. The van der Waals surface area contributed by atoms with E-state index in [9.17, 15) is 0 Å². The Hall–Kier alpha value is 0.653. The average molecular weight is 165 g/mol. The summed E-state index contributed by atoms with van der Waals surface area (Å²) in [6.07, 6.45) is 0. The molecule has 0 atom stereocenters. The van der Waals surface area contributed by atoms with E-state index in [4.69, 9.17) is 4.65 Å². The summed E-state index contributed by atoms with van der Waals surface area (Å²) in [5, 5.41) is 0. The molecule has 24 valence electrons. The third kappa shape index (κ3) is 17.0. The predicted octanol–water partition coefficient (Wildman–Crippen LogP) is -3.04. The first-order chi connectivity index (χ1) is 1.00. The molecule has 0 fully saturated rings. The minimum Gasteiger partial charge on any atom is -1.00 e. The molecule has 0 saturated heterocycles. The van der Waals surface area contributed by atoms with Crippen LogP contribution in [0.5, 0.6) is 0 Å². The van der Waals surface area contributed by atoms with Crippen molar-refractivity contribution in [1.82, 2.24) is 0 Å². The molecule has 0 aromatic carbocycles. The van der Waals surface area contributed by atoms with Crippen molar-refractivity contribution in [3.05, 3.63) is 6.65 Å². The average Bonchev–Trinajstić information content (AvgIpc) is 1.00. The van der Waals surface area contributed by atoms with Crippen LogP contribution in [0.2, 0.25) is 0 Å². The Morgan fingerprint density at radius 3 is 1.25 bits per heavy atom. The molecule has 0 aliphatic carbocycles. The molecule has 0 spiro atoms. The fraction of sp³-hybridized carbons (Fsp3) is 0. The monoisotopic (exact) mass is 165 g/mol. The Kier molecular flexibility index (Phi) is 342. The second-order valence-corrected chi connectivity index (χ2v) is 0. The molecule has 0 aliphatic rings. The van der Waals surface area contributed by atoms with Gasteiger partial charge in [-0.1, -0.05) is 0 Å². The van der Waals surface area contributed by atoms with Crippen LogP contribution in [0.3, 0.4) is 0 Å². The summed E-state index contributed by atoms with van der Waals surface area (Å²) in [6.45, 7) is 4.50. The van der Waals surface area contributed by atoms with E-state index in [1.807, 2.05) is 0 Å². The van der Waals surface area contributed by atoms with Crippen LogP contribution in [-0.4, -0.2) is 0 Å². The van der Waals surface area contributed by atoms with E-state index in [0.717, 1.165) is 0 Å². The molecular weight excluding hydrogens is 165 g/mol. The van der Waals surface area contributed by atoms with E-state index in [1.165, 1.54) is 0 Å². The normalized spacial score (nSPS) is 0.500. The van der Waals surface area contributed by atoms with Gasteiger partial charge in [-0.05, 0) is 0 Å². The Morgan fingerprint density at radius 1 is 1.25 bits per heavy atom. The van der Waals surface area contributed by atoms with Crippen molar-refractivity contribution in [3.8, 4) is 0 Å². The van der Waals surface area contributed by atoms with Gasteiger partial charge in [-0.3, -0.25) is 0 Å². The molecule has 0 aromatic rings. The maximum atomic E-state index is 7.50. The Morgan fingerprint density at radius 2 is 1.25 bits per heavy atom. The zero-order valence-electron chi connectivity index (χ0n) is 1.64. The number of hydrogen-bond donors (Lipinski definition) is 0. The Balaban J connectivity index is -0.00000000500. The molecule has 0 amide bonds. The summed E-state index contributed by atoms with van der Waals surface area (Å²) in [5.74, 6) is 0. The second-order valence-electron chi connectivity index (χ2n) is 0. The first-order valence-corrected chi connectivity index (χ1v) is 0.204. The molecule has 0 aromatic heterocycles. The zero-order valence-corrected chi connectivity index (χ0v) is 4.13. The maximum Gasteiger partial charge on any atom is 2.00 e. The van der Waals surface area contributed by atoms with Gasteiger partial charge in [-0.2, -0.15) is 0 Å². The standard InChI is InChI=1S/CO.ClH.Ru/c1-2;;/h;1H;/q;;+2/p-1. The van der Waals surface area contributed by atoms with Crippen LogP contribution >= 0.6 is 0 Å². The van der Waals surface area contributed by atoms with Crippen molar-refractivity contribution in [2.45, 2.75) is 0 Å². The molecule has 0 rings (SSSR count). The second kappa shape index (κ2) is 60.3. The summed E-state index contributed by atoms with van der Waals surface area (Å²) in [7, 11) is 0. The molecule has 0 aliphatic heterocycles. The van der Waals surface area contributed by atoms with Gasteiger partial charge in [0.15, 0.2) is 0 Å². The topological polar surface area (TPSA) is 19.9 Å². The first-order valence-electron chi connectivity index (χ1n) is 0.204. The molecule has 0 saturated carbocycles. The minimum absolute atomic E-state index is 0. The molecule has 3 heteroatoms. The zero-order chi connectivity index (χ0) is 2.00. The van der Waals surface area contributed by atoms with Gasteiger partial charge in [-0.25, -0.2) is 0 Å². The van der Waals surface area contributed by atoms with Gasteiger partial charge in [0.2, 0.25) is 0 Å². The molecule has 4 heavy (non-hydrogen) atoms. The van der Waals surface area contributed by atoms with E-state index in [1.54, 1.807) is 0 Å². The Labute approximate surface area is 43.7 Å². The maximum absolute atomic E-state index is 7.50. The van der Waals surface area contributed by atoms with Gasteiger partial charge < -0.3 is 12.4 Å². The van der Waals surface area contributed by atoms with Gasteiger partial charge >= 0.3 is 30.8 Å². The summed E-state index contributed by atoms with van der Waals surface area (Å²) >= 11 is 0. The van der Waals surface area contributed by atoms with Gasteiger partial charge in [0.05, 0.1) is 0 Å². The molecule has 0 heterocycles.